The molecule has 0 aromatic heterocycles. The van der Waals surface area contributed by atoms with E-state index in [2.05, 4.69) is 16.3 Å². The first-order chi connectivity index (χ1) is 8.26. The molecular formula is C12H23N3O2. The van der Waals surface area contributed by atoms with Gasteiger partial charge in [-0.1, -0.05) is 0 Å². The topological polar surface area (TPSA) is 68.5 Å². The fraction of sp³-hybridized carbons (Fsp3) is 0.917. The number of methoxy groups -OCH3 is 1. The number of nitrogens with one attached hydrogen (secondary N) is 1. The summed E-state index contributed by atoms with van der Waals surface area (Å²) in [5, 5.41) is 21.7. The van der Waals surface area contributed by atoms with Crippen LogP contribution in [0.4, 0.5) is 0 Å². The van der Waals surface area contributed by atoms with Crippen molar-refractivity contribution in [3.63, 3.8) is 0 Å². The summed E-state index contributed by atoms with van der Waals surface area (Å²) in [6.07, 6.45) is 2.58. The number of aliphatic hydroxyl groups excluding tert-OH is 1. The Morgan fingerprint density at radius 2 is 2.29 bits per heavy atom. The summed E-state index contributed by atoms with van der Waals surface area (Å²) in [5.41, 5.74) is 0. The summed E-state index contributed by atoms with van der Waals surface area (Å²) in [7, 11) is 1.66. The molecule has 1 fully saturated rings. The number of aliphatic hydroxyl groups is 1. The molecule has 5 heteroatoms. The molecule has 98 valence electrons. The maximum Gasteiger partial charge on any atom is 0.0791 e. The number of nitriles is 1. The van der Waals surface area contributed by atoms with Crippen molar-refractivity contribution in [2.24, 2.45) is 0 Å². The van der Waals surface area contributed by atoms with Gasteiger partial charge < -0.3 is 15.2 Å². The summed E-state index contributed by atoms with van der Waals surface area (Å²) in [6, 6.07) is 2.75. The largest absolute Gasteiger partial charge is 0.390 e. The van der Waals surface area contributed by atoms with Crippen LogP contribution in [0.25, 0.3) is 0 Å². The van der Waals surface area contributed by atoms with E-state index >= 15 is 0 Å². The minimum Gasteiger partial charge on any atom is -0.390 e. The minimum absolute atomic E-state index is 0.369. The predicted octanol–water partition coefficient (Wildman–Crippen LogP) is -0.0386. The van der Waals surface area contributed by atoms with Gasteiger partial charge in [-0.15, -0.1) is 0 Å². The number of hydrogen-bond donors (Lipinski definition) is 2. The maximum absolute atomic E-state index is 9.87. The van der Waals surface area contributed by atoms with Crippen LogP contribution >= 0.6 is 0 Å². The first kappa shape index (κ1) is 14.4. The van der Waals surface area contributed by atoms with Gasteiger partial charge in [-0.05, 0) is 12.8 Å². The molecule has 0 spiro atoms. The summed E-state index contributed by atoms with van der Waals surface area (Å²) < 4.78 is 5.02. The Morgan fingerprint density at radius 1 is 1.53 bits per heavy atom. The van der Waals surface area contributed by atoms with Gasteiger partial charge in [0.15, 0.2) is 0 Å². The molecule has 0 bridgehead atoms. The Balaban J connectivity index is 2.16. The molecule has 1 rings (SSSR count). The smallest absolute Gasteiger partial charge is 0.0791 e. The van der Waals surface area contributed by atoms with Crippen LogP contribution in [-0.4, -0.2) is 62.0 Å². The van der Waals surface area contributed by atoms with E-state index in [1.807, 2.05) is 0 Å². The molecule has 1 atom stereocenters. The van der Waals surface area contributed by atoms with Crippen molar-refractivity contribution in [2.45, 2.75) is 31.4 Å². The summed E-state index contributed by atoms with van der Waals surface area (Å²) in [5.74, 6) is 0. The van der Waals surface area contributed by atoms with Crippen LogP contribution in [0.5, 0.6) is 0 Å². The zero-order chi connectivity index (χ0) is 12.5. The van der Waals surface area contributed by atoms with Crippen LogP contribution < -0.4 is 5.32 Å². The van der Waals surface area contributed by atoms with Crippen LogP contribution in [0.2, 0.25) is 0 Å². The highest BCUT2D eigenvalue weighted by Gasteiger charge is 2.21. The molecule has 0 radical (unpaired) electrons. The van der Waals surface area contributed by atoms with Crippen molar-refractivity contribution in [3.05, 3.63) is 0 Å². The van der Waals surface area contributed by atoms with E-state index in [9.17, 15) is 5.11 Å². The molecule has 0 saturated heterocycles. The number of nitrogens with zero attached hydrogens (tertiary/aromatic N) is 2. The van der Waals surface area contributed by atoms with E-state index in [0.29, 0.717) is 38.7 Å². The SMILES string of the molecule is COCCN(CCC#N)CC(O)CNC1CC1. The second-order valence-electron chi connectivity index (χ2n) is 4.54. The lowest BCUT2D eigenvalue weighted by molar-refractivity contribution is 0.0894. The van der Waals surface area contributed by atoms with E-state index in [1.165, 1.54) is 12.8 Å². The first-order valence-corrected chi connectivity index (χ1v) is 6.26. The van der Waals surface area contributed by atoms with E-state index in [4.69, 9.17) is 10.00 Å². The molecule has 0 heterocycles. The van der Waals surface area contributed by atoms with Crippen LogP contribution in [0.15, 0.2) is 0 Å². The van der Waals surface area contributed by atoms with Gasteiger partial charge in [0.2, 0.25) is 0 Å². The number of ether oxygens (including phenoxy) is 1. The Kier molecular flexibility index (Phi) is 7.13. The van der Waals surface area contributed by atoms with Gasteiger partial charge in [-0.25, -0.2) is 0 Å². The normalized spacial score (nSPS) is 17.1. The van der Waals surface area contributed by atoms with Crippen LogP contribution in [-0.2, 0) is 4.74 Å². The molecule has 0 amide bonds. The van der Waals surface area contributed by atoms with Gasteiger partial charge >= 0.3 is 0 Å². The van der Waals surface area contributed by atoms with Gasteiger partial charge in [-0.3, -0.25) is 4.90 Å². The third-order valence-corrected chi connectivity index (χ3v) is 2.84. The predicted molar refractivity (Wildman–Crippen MR) is 65.6 cm³/mol. The average molecular weight is 241 g/mol. The van der Waals surface area contributed by atoms with Crippen molar-refractivity contribution in [3.8, 4) is 6.07 Å². The lowest BCUT2D eigenvalue weighted by Gasteiger charge is -2.24. The highest BCUT2D eigenvalue weighted by molar-refractivity contribution is 4.82. The fourth-order valence-corrected chi connectivity index (χ4v) is 1.68. The summed E-state index contributed by atoms with van der Waals surface area (Å²) in [4.78, 5) is 2.08. The first-order valence-electron chi connectivity index (χ1n) is 6.26. The monoisotopic (exact) mass is 241 g/mol. The standard InChI is InChI=1S/C12H23N3O2/c1-17-8-7-15(6-2-5-13)10-12(16)9-14-11-3-4-11/h11-12,14,16H,2-4,6-10H2,1H3. The van der Waals surface area contributed by atoms with Crippen molar-refractivity contribution in [1.29, 1.82) is 5.26 Å². The second kappa shape index (κ2) is 8.43. The quantitative estimate of drug-likeness (QED) is 0.562. The van der Waals surface area contributed by atoms with Crippen molar-refractivity contribution in [1.82, 2.24) is 10.2 Å². The number of hydrogen-bond acceptors (Lipinski definition) is 5. The molecular weight excluding hydrogens is 218 g/mol. The zero-order valence-corrected chi connectivity index (χ0v) is 10.6. The maximum atomic E-state index is 9.87. The Labute approximate surface area is 103 Å². The van der Waals surface area contributed by atoms with Gasteiger partial charge in [0, 0.05) is 45.8 Å². The summed E-state index contributed by atoms with van der Waals surface area (Å²) in [6.45, 7) is 3.33. The second-order valence-corrected chi connectivity index (χ2v) is 4.54. The molecule has 17 heavy (non-hydrogen) atoms. The Hall–Kier alpha value is -0.670. The average Bonchev–Trinajstić information content (AvgIpc) is 3.14. The molecule has 2 N–H and O–H groups in total. The van der Waals surface area contributed by atoms with E-state index in [-0.39, 0.29) is 6.10 Å². The van der Waals surface area contributed by atoms with E-state index in [1.54, 1.807) is 7.11 Å². The van der Waals surface area contributed by atoms with E-state index < -0.39 is 0 Å². The van der Waals surface area contributed by atoms with Crippen LogP contribution in [0, 0.1) is 11.3 Å². The Bertz CT molecular complexity index is 238. The van der Waals surface area contributed by atoms with Crippen LogP contribution in [0.3, 0.4) is 0 Å². The molecule has 0 aliphatic heterocycles. The highest BCUT2D eigenvalue weighted by Crippen LogP contribution is 2.18. The highest BCUT2D eigenvalue weighted by atomic mass is 16.5. The van der Waals surface area contributed by atoms with Gasteiger partial charge in [0.1, 0.15) is 0 Å². The third-order valence-electron chi connectivity index (χ3n) is 2.84. The number of rotatable bonds is 10. The Morgan fingerprint density at radius 3 is 2.88 bits per heavy atom. The molecule has 1 saturated carbocycles. The third kappa shape index (κ3) is 7.29. The molecule has 0 aromatic carbocycles. The molecule has 0 aromatic rings. The lowest BCUT2D eigenvalue weighted by Crippen LogP contribution is -2.40. The van der Waals surface area contributed by atoms with Crippen molar-refractivity contribution in [2.75, 3.05) is 39.9 Å². The minimum atomic E-state index is -0.369. The molecule has 1 unspecified atom stereocenters. The zero-order valence-electron chi connectivity index (χ0n) is 10.6. The van der Waals surface area contributed by atoms with E-state index in [0.717, 1.165) is 6.54 Å². The molecule has 1 aliphatic rings. The lowest BCUT2D eigenvalue weighted by atomic mass is 10.3. The fourth-order valence-electron chi connectivity index (χ4n) is 1.68. The van der Waals surface area contributed by atoms with Gasteiger partial charge in [0.25, 0.3) is 0 Å². The van der Waals surface area contributed by atoms with Gasteiger partial charge in [0.05, 0.1) is 18.8 Å². The van der Waals surface area contributed by atoms with Crippen molar-refractivity contribution >= 4 is 0 Å². The summed E-state index contributed by atoms with van der Waals surface area (Å²) >= 11 is 0. The van der Waals surface area contributed by atoms with Crippen LogP contribution in [0.1, 0.15) is 19.3 Å². The molecule has 1 aliphatic carbocycles. The molecule has 5 nitrogen and oxygen atoms in total. The van der Waals surface area contributed by atoms with Gasteiger partial charge in [-0.2, -0.15) is 5.26 Å². The van der Waals surface area contributed by atoms with Crippen molar-refractivity contribution < 1.29 is 9.84 Å².